The molecule has 0 amide bonds. The largest absolute Gasteiger partial charge is 0.267 e. The maximum atomic E-state index is 11.3. The van der Waals surface area contributed by atoms with E-state index in [4.69, 9.17) is 16.9 Å². The standard InChI is InChI=1S/C8H8ClN3O2S/c9-3-4-15(13,14)12-8-2-1-7(5-10)6-11-8/h1-2,6H,3-4H2,(H,11,12). The number of hydrogen-bond donors (Lipinski definition) is 1. The molecule has 1 heterocycles. The zero-order chi connectivity index (χ0) is 11.3. The minimum atomic E-state index is -3.43. The van der Waals surface area contributed by atoms with E-state index in [-0.39, 0.29) is 17.5 Å². The van der Waals surface area contributed by atoms with Gasteiger partial charge in [-0.3, -0.25) is 4.72 Å². The van der Waals surface area contributed by atoms with Gasteiger partial charge in [-0.2, -0.15) is 5.26 Å². The van der Waals surface area contributed by atoms with E-state index in [1.165, 1.54) is 18.3 Å². The number of halogens is 1. The molecule has 0 spiro atoms. The summed E-state index contributed by atoms with van der Waals surface area (Å²) in [7, 11) is -3.43. The van der Waals surface area contributed by atoms with E-state index in [2.05, 4.69) is 9.71 Å². The third-order valence-corrected chi connectivity index (χ3v) is 3.17. The van der Waals surface area contributed by atoms with E-state index < -0.39 is 10.0 Å². The molecule has 5 nitrogen and oxygen atoms in total. The van der Waals surface area contributed by atoms with Gasteiger partial charge in [-0.05, 0) is 12.1 Å². The number of pyridine rings is 1. The van der Waals surface area contributed by atoms with Crippen LogP contribution in [0.1, 0.15) is 5.56 Å². The average Bonchev–Trinajstić information content (AvgIpc) is 2.18. The first-order valence-electron chi connectivity index (χ1n) is 4.00. The SMILES string of the molecule is N#Cc1ccc(NS(=O)(=O)CCCl)nc1. The van der Waals surface area contributed by atoms with E-state index in [1.54, 1.807) is 0 Å². The lowest BCUT2D eigenvalue weighted by Crippen LogP contribution is -2.18. The Morgan fingerprint density at radius 2 is 2.27 bits per heavy atom. The molecular weight excluding hydrogens is 238 g/mol. The Balaban J connectivity index is 2.78. The molecule has 0 unspecified atom stereocenters. The number of rotatable bonds is 4. The minimum absolute atomic E-state index is 0.0195. The summed E-state index contributed by atoms with van der Waals surface area (Å²) in [4.78, 5) is 3.76. The van der Waals surface area contributed by atoms with Crippen LogP contribution in [0.4, 0.5) is 5.82 Å². The highest BCUT2D eigenvalue weighted by Gasteiger charge is 2.09. The third kappa shape index (κ3) is 3.73. The third-order valence-electron chi connectivity index (χ3n) is 1.50. The summed E-state index contributed by atoms with van der Waals surface area (Å²) in [5.41, 5.74) is 0.371. The molecule has 0 saturated carbocycles. The molecule has 7 heteroatoms. The van der Waals surface area contributed by atoms with Gasteiger partial charge in [-0.1, -0.05) is 0 Å². The van der Waals surface area contributed by atoms with Crippen LogP contribution in [0.2, 0.25) is 0 Å². The lowest BCUT2D eigenvalue weighted by atomic mass is 10.3. The normalized spacial score (nSPS) is 10.7. The van der Waals surface area contributed by atoms with Crippen LogP contribution >= 0.6 is 11.6 Å². The first kappa shape index (κ1) is 11.8. The molecule has 0 aliphatic heterocycles. The molecule has 1 aromatic rings. The van der Waals surface area contributed by atoms with Crippen molar-refractivity contribution in [1.82, 2.24) is 4.98 Å². The number of aromatic nitrogens is 1. The van der Waals surface area contributed by atoms with Crippen molar-refractivity contribution in [3.05, 3.63) is 23.9 Å². The van der Waals surface area contributed by atoms with Crippen molar-refractivity contribution in [2.24, 2.45) is 0 Å². The number of hydrogen-bond acceptors (Lipinski definition) is 4. The summed E-state index contributed by atoms with van der Waals surface area (Å²) in [6, 6.07) is 4.78. The van der Waals surface area contributed by atoms with E-state index in [0.29, 0.717) is 5.56 Å². The molecule has 1 aromatic heterocycles. The molecule has 0 saturated heterocycles. The van der Waals surface area contributed by atoms with Crippen molar-refractivity contribution < 1.29 is 8.42 Å². The summed E-state index contributed by atoms with van der Waals surface area (Å²) < 4.78 is 24.7. The van der Waals surface area contributed by atoms with Crippen molar-refractivity contribution in [3.63, 3.8) is 0 Å². The number of sulfonamides is 1. The van der Waals surface area contributed by atoms with Crippen molar-refractivity contribution >= 4 is 27.4 Å². The fourth-order valence-electron chi connectivity index (χ4n) is 0.832. The Morgan fingerprint density at radius 1 is 1.53 bits per heavy atom. The van der Waals surface area contributed by atoms with Gasteiger partial charge < -0.3 is 0 Å². The summed E-state index contributed by atoms with van der Waals surface area (Å²) in [5.74, 6) is 0.0288. The molecule has 0 aliphatic rings. The first-order valence-corrected chi connectivity index (χ1v) is 6.18. The van der Waals surface area contributed by atoms with Crippen LogP contribution < -0.4 is 4.72 Å². The van der Waals surface area contributed by atoms with Gasteiger partial charge in [0.05, 0.1) is 11.3 Å². The highest BCUT2D eigenvalue weighted by atomic mass is 35.5. The summed E-state index contributed by atoms with van der Waals surface area (Å²) in [5, 5.41) is 8.50. The van der Waals surface area contributed by atoms with Gasteiger partial charge in [0, 0.05) is 12.1 Å². The topological polar surface area (TPSA) is 82.9 Å². The minimum Gasteiger partial charge on any atom is -0.267 e. The number of anilines is 1. The Labute approximate surface area is 92.8 Å². The van der Waals surface area contributed by atoms with E-state index in [1.807, 2.05) is 6.07 Å². The summed E-state index contributed by atoms with van der Waals surface area (Å²) in [6.07, 6.45) is 1.29. The Hall–Kier alpha value is -1.32. The lowest BCUT2D eigenvalue weighted by Gasteiger charge is -2.04. The van der Waals surface area contributed by atoms with Gasteiger partial charge >= 0.3 is 0 Å². The highest BCUT2D eigenvalue weighted by Crippen LogP contribution is 2.06. The number of alkyl halides is 1. The number of nitriles is 1. The average molecular weight is 246 g/mol. The summed E-state index contributed by atoms with van der Waals surface area (Å²) >= 11 is 5.32. The smallest absolute Gasteiger partial charge is 0.235 e. The van der Waals surface area contributed by atoms with Crippen LogP contribution in [0.25, 0.3) is 0 Å². The van der Waals surface area contributed by atoms with Crippen molar-refractivity contribution in [3.8, 4) is 6.07 Å². The van der Waals surface area contributed by atoms with Crippen molar-refractivity contribution in [1.29, 1.82) is 5.26 Å². The van der Waals surface area contributed by atoms with Crippen LogP contribution in [0.5, 0.6) is 0 Å². The van der Waals surface area contributed by atoms with E-state index >= 15 is 0 Å². The Kier molecular flexibility index (Phi) is 3.88. The van der Waals surface area contributed by atoms with Crippen LogP contribution in [0.3, 0.4) is 0 Å². The Bertz CT molecular complexity index is 464. The quantitative estimate of drug-likeness (QED) is 0.800. The predicted molar refractivity (Wildman–Crippen MR) is 57.1 cm³/mol. The highest BCUT2D eigenvalue weighted by molar-refractivity contribution is 7.92. The van der Waals surface area contributed by atoms with Gasteiger partial charge in [0.25, 0.3) is 0 Å². The predicted octanol–water partition coefficient (Wildman–Crippen LogP) is 0.934. The number of nitrogens with one attached hydrogen (secondary N) is 1. The van der Waals surface area contributed by atoms with Crippen molar-refractivity contribution in [2.45, 2.75) is 0 Å². The van der Waals surface area contributed by atoms with Crippen LogP contribution in [0, 0.1) is 11.3 Å². The molecule has 0 aliphatic carbocycles. The molecule has 0 radical (unpaired) electrons. The second kappa shape index (κ2) is 4.96. The molecule has 0 bridgehead atoms. The molecule has 1 N–H and O–H groups in total. The zero-order valence-corrected chi connectivity index (χ0v) is 9.22. The summed E-state index contributed by atoms with van der Waals surface area (Å²) in [6.45, 7) is 0. The van der Waals surface area contributed by atoms with Gasteiger partial charge in [-0.15, -0.1) is 11.6 Å². The molecule has 0 atom stereocenters. The van der Waals surface area contributed by atoms with Crippen molar-refractivity contribution in [2.75, 3.05) is 16.4 Å². The van der Waals surface area contributed by atoms with Gasteiger partial charge in [-0.25, -0.2) is 13.4 Å². The monoisotopic (exact) mass is 245 g/mol. The Morgan fingerprint density at radius 3 is 2.73 bits per heavy atom. The number of nitrogens with zero attached hydrogens (tertiary/aromatic N) is 2. The first-order chi connectivity index (χ1) is 7.07. The molecule has 0 fully saturated rings. The molecular formula is C8H8ClN3O2S. The van der Waals surface area contributed by atoms with Crippen LogP contribution in [-0.2, 0) is 10.0 Å². The van der Waals surface area contributed by atoms with Gasteiger partial charge in [0.2, 0.25) is 10.0 Å². The maximum absolute atomic E-state index is 11.3. The molecule has 1 rings (SSSR count). The fourth-order valence-corrected chi connectivity index (χ4v) is 2.19. The van der Waals surface area contributed by atoms with Gasteiger partial charge in [0.1, 0.15) is 11.9 Å². The molecule has 15 heavy (non-hydrogen) atoms. The second-order valence-corrected chi connectivity index (χ2v) is 4.87. The fraction of sp³-hybridized carbons (Fsp3) is 0.250. The second-order valence-electron chi connectivity index (χ2n) is 2.65. The van der Waals surface area contributed by atoms with Crippen LogP contribution in [-0.4, -0.2) is 25.0 Å². The molecule has 80 valence electrons. The van der Waals surface area contributed by atoms with E-state index in [9.17, 15) is 8.42 Å². The maximum Gasteiger partial charge on any atom is 0.235 e. The zero-order valence-electron chi connectivity index (χ0n) is 7.64. The molecule has 0 aromatic carbocycles. The van der Waals surface area contributed by atoms with E-state index in [0.717, 1.165) is 0 Å². The lowest BCUT2D eigenvalue weighted by molar-refractivity contribution is 0.602. The van der Waals surface area contributed by atoms with Crippen LogP contribution in [0.15, 0.2) is 18.3 Å². The van der Waals surface area contributed by atoms with Gasteiger partial charge in [0.15, 0.2) is 0 Å².